The highest BCUT2D eigenvalue weighted by atomic mass is 16.5. The molecule has 2 aliphatic rings. The van der Waals surface area contributed by atoms with Crippen LogP contribution < -0.4 is 11.1 Å². The van der Waals surface area contributed by atoms with Gasteiger partial charge in [0.15, 0.2) is 0 Å². The third kappa shape index (κ3) is 2.47. The summed E-state index contributed by atoms with van der Waals surface area (Å²) >= 11 is 0. The Kier molecular flexibility index (Phi) is 4.10. The number of carbonyl (C=O) groups excluding carboxylic acids is 2. The van der Waals surface area contributed by atoms with Gasteiger partial charge in [-0.2, -0.15) is 0 Å². The van der Waals surface area contributed by atoms with Crippen LogP contribution in [0.25, 0.3) is 0 Å². The summed E-state index contributed by atoms with van der Waals surface area (Å²) in [7, 11) is 1.57. The predicted octanol–water partition coefficient (Wildman–Crippen LogP) is -0.523. The van der Waals surface area contributed by atoms with E-state index >= 15 is 0 Å². The molecule has 3 unspecified atom stereocenters. The van der Waals surface area contributed by atoms with Crippen LogP contribution in [0.1, 0.15) is 26.2 Å². The smallest absolute Gasteiger partial charge is 0.244 e. The van der Waals surface area contributed by atoms with E-state index in [-0.39, 0.29) is 24.5 Å². The van der Waals surface area contributed by atoms with Crippen molar-refractivity contribution in [3.8, 4) is 0 Å². The second-order valence-electron chi connectivity index (χ2n) is 5.62. The van der Waals surface area contributed by atoms with Gasteiger partial charge in [0.25, 0.3) is 0 Å². The average molecular weight is 269 g/mol. The molecule has 0 spiro atoms. The monoisotopic (exact) mass is 269 g/mol. The maximum absolute atomic E-state index is 12.8. The van der Waals surface area contributed by atoms with Gasteiger partial charge in [0, 0.05) is 19.6 Å². The van der Waals surface area contributed by atoms with E-state index in [1.807, 2.05) is 6.92 Å². The van der Waals surface area contributed by atoms with E-state index in [1.54, 1.807) is 11.9 Å². The summed E-state index contributed by atoms with van der Waals surface area (Å²) in [5.41, 5.74) is 5.56. The zero-order valence-electron chi connectivity index (χ0n) is 11.6. The Hall–Kier alpha value is -1.14. The van der Waals surface area contributed by atoms with Gasteiger partial charge in [-0.1, -0.05) is 6.42 Å². The van der Waals surface area contributed by atoms with Crippen LogP contribution in [0.3, 0.4) is 0 Å². The zero-order chi connectivity index (χ0) is 14.0. The Morgan fingerprint density at radius 3 is 2.79 bits per heavy atom. The molecule has 2 fully saturated rings. The van der Waals surface area contributed by atoms with Crippen LogP contribution in [0.5, 0.6) is 0 Å². The number of likely N-dealkylation sites (N-methyl/N-ethyl adjacent to an activating group) is 1. The number of nitrogens with two attached hydrogens (primary N) is 1. The molecule has 6 heteroatoms. The number of carbonyl (C=O) groups is 2. The number of ether oxygens (including phenoxy) is 1. The van der Waals surface area contributed by atoms with Gasteiger partial charge in [0.05, 0.1) is 18.6 Å². The van der Waals surface area contributed by atoms with Crippen molar-refractivity contribution < 1.29 is 14.3 Å². The van der Waals surface area contributed by atoms with Crippen molar-refractivity contribution in [2.24, 2.45) is 11.1 Å². The highest BCUT2D eigenvalue weighted by Crippen LogP contribution is 2.39. The summed E-state index contributed by atoms with van der Waals surface area (Å²) in [4.78, 5) is 26.3. The molecule has 6 nitrogen and oxygen atoms in total. The first-order valence-electron chi connectivity index (χ1n) is 6.86. The van der Waals surface area contributed by atoms with E-state index in [4.69, 9.17) is 10.5 Å². The lowest BCUT2D eigenvalue weighted by molar-refractivity contribution is -0.156. The van der Waals surface area contributed by atoms with Crippen LogP contribution in [0, 0.1) is 5.41 Å². The average Bonchev–Trinajstić information content (AvgIpc) is 2.78. The lowest BCUT2D eigenvalue weighted by atomic mass is 9.83. The van der Waals surface area contributed by atoms with E-state index in [1.165, 1.54) is 0 Å². The van der Waals surface area contributed by atoms with E-state index in [2.05, 4.69) is 5.32 Å². The fourth-order valence-electron chi connectivity index (χ4n) is 3.02. The van der Waals surface area contributed by atoms with Crippen LogP contribution in [0.15, 0.2) is 0 Å². The molecule has 2 amide bonds. The van der Waals surface area contributed by atoms with Crippen LogP contribution in [-0.4, -0.2) is 55.6 Å². The summed E-state index contributed by atoms with van der Waals surface area (Å²) in [6.07, 6.45) is 2.64. The Morgan fingerprint density at radius 2 is 2.21 bits per heavy atom. The van der Waals surface area contributed by atoms with E-state index in [0.29, 0.717) is 13.2 Å². The molecule has 0 aromatic rings. The van der Waals surface area contributed by atoms with Crippen molar-refractivity contribution in [3.63, 3.8) is 0 Å². The SMILES string of the molecule is CNC(=O)C1COCCN1C(=O)C1(C)CCCC1N. The lowest BCUT2D eigenvalue weighted by Crippen LogP contribution is -2.60. The topological polar surface area (TPSA) is 84.7 Å². The van der Waals surface area contributed by atoms with E-state index in [0.717, 1.165) is 19.3 Å². The first-order valence-corrected chi connectivity index (χ1v) is 6.86. The summed E-state index contributed by atoms with van der Waals surface area (Å²) in [6.45, 7) is 3.11. The molecule has 19 heavy (non-hydrogen) atoms. The molecule has 1 aliphatic carbocycles. The normalized spacial score (nSPS) is 35.2. The molecule has 1 aliphatic heterocycles. The maximum atomic E-state index is 12.8. The first kappa shape index (κ1) is 14.3. The largest absolute Gasteiger partial charge is 0.377 e. The van der Waals surface area contributed by atoms with Gasteiger partial charge in [-0.3, -0.25) is 9.59 Å². The molecule has 0 radical (unpaired) electrons. The summed E-state index contributed by atoms with van der Waals surface area (Å²) in [5.74, 6) is -0.183. The number of hydrogen-bond acceptors (Lipinski definition) is 4. The lowest BCUT2D eigenvalue weighted by Gasteiger charge is -2.40. The molecular formula is C13H23N3O3. The standard InChI is InChI=1S/C13H23N3O3/c1-13(5-3-4-10(13)14)12(18)16-6-7-19-8-9(16)11(17)15-2/h9-10H,3-8,14H2,1-2H3,(H,15,17). The third-order valence-electron chi connectivity index (χ3n) is 4.46. The quantitative estimate of drug-likeness (QED) is 0.706. The Labute approximate surface area is 113 Å². The van der Waals surface area contributed by atoms with Crippen molar-refractivity contribution in [1.82, 2.24) is 10.2 Å². The molecule has 0 bridgehead atoms. The molecule has 0 aromatic carbocycles. The molecule has 1 heterocycles. The second kappa shape index (κ2) is 5.46. The Morgan fingerprint density at radius 1 is 1.47 bits per heavy atom. The van der Waals surface area contributed by atoms with E-state index < -0.39 is 11.5 Å². The van der Waals surface area contributed by atoms with Gasteiger partial charge in [0.2, 0.25) is 11.8 Å². The van der Waals surface area contributed by atoms with Gasteiger partial charge >= 0.3 is 0 Å². The van der Waals surface area contributed by atoms with Crippen LogP contribution >= 0.6 is 0 Å². The van der Waals surface area contributed by atoms with Crippen LogP contribution in [0.2, 0.25) is 0 Å². The second-order valence-corrected chi connectivity index (χ2v) is 5.62. The summed E-state index contributed by atoms with van der Waals surface area (Å²) in [6, 6.07) is -0.649. The van der Waals surface area contributed by atoms with Gasteiger partial charge in [0.1, 0.15) is 6.04 Å². The molecule has 3 N–H and O–H groups in total. The van der Waals surface area contributed by atoms with Crippen molar-refractivity contribution in [1.29, 1.82) is 0 Å². The number of amides is 2. The zero-order valence-corrected chi connectivity index (χ0v) is 11.6. The highest BCUT2D eigenvalue weighted by molar-refractivity contribution is 5.90. The molecular weight excluding hydrogens is 246 g/mol. The fourth-order valence-corrected chi connectivity index (χ4v) is 3.02. The Bertz CT molecular complexity index is 374. The minimum Gasteiger partial charge on any atom is -0.377 e. The van der Waals surface area contributed by atoms with Crippen LogP contribution in [0.4, 0.5) is 0 Å². The van der Waals surface area contributed by atoms with Gasteiger partial charge in [-0.25, -0.2) is 0 Å². The number of nitrogens with one attached hydrogen (secondary N) is 1. The minimum atomic E-state index is -0.538. The minimum absolute atomic E-state index is 0.00519. The molecule has 1 saturated heterocycles. The molecule has 108 valence electrons. The van der Waals surface area contributed by atoms with Crippen molar-refractivity contribution in [2.75, 3.05) is 26.8 Å². The molecule has 0 aromatic heterocycles. The molecule has 1 saturated carbocycles. The molecule has 3 atom stereocenters. The highest BCUT2D eigenvalue weighted by Gasteiger charge is 2.47. The van der Waals surface area contributed by atoms with Crippen molar-refractivity contribution in [3.05, 3.63) is 0 Å². The van der Waals surface area contributed by atoms with Gasteiger partial charge < -0.3 is 20.7 Å². The molecule has 2 rings (SSSR count). The third-order valence-corrected chi connectivity index (χ3v) is 4.46. The first-order chi connectivity index (χ1) is 9.00. The fraction of sp³-hybridized carbons (Fsp3) is 0.846. The summed E-state index contributed by atoms with van der Waals surface area (Å²) < 4.78 is 5.32. The summed E-state index contributed by atoms with van der Waals surface area (Å²) in [5, 5.41) is 2.59. The van der Waals surface area contributed by atoms with Crippen molar-refractivity contribution in [2.45, 2.75) is 38.3 Å². The van der Waals surface area contributed by atoms with E-state index in [9.17, 15) is 9.59 Å². The maximum Gasteiger partial charge on any atom is 0.244 e. The number of morpholine rings is 1. The van der Waals surface area contributed by atoms with Crippen LogP contribution in [-0.2, 0) is 14.3 Å². The number of hydrogen-bond donors (Lipinski definition) is 2. The Balaban J connectivity index is 2.18. The van der Waals surface area contributed by atoms with Gasteiger partial charge in [-0.05, 0) is 19.8 Å². The van der Waals surface area contributed by atoms with Crippen molar-refractivity contribution >= 4 is 11.8 Å². The van der Waals surface area contributed by atoms with Gasteiger partial charge in [-0.15, -0.1) is 0 Å². The number of rotatable bonds is 2. The predicted molar refractivity (Wildman–Crippen MR) is 70.3 cm³/mol. The number of nitrogens with zero attached hydrogens (tertiary/aromatic N) is 1.